The number of hydrogen-bond donors (Lipinski definition) is 1. The molecule has 1 N–H and O–H groups in total. The Morgan fingerprint density at radius 1 is 1.23 bits per heavy atom. The first kappa shape index (κ1) is 13.9. The number of aromatic carboxylic acids is 1. The zero-order chi connectivity index (χ0) is 15.7. The number of benzene rings is 1. The molecule has 2 aromatic heterocycles. The molecule has 2 heterocycles. The van der Waals surface area contributed by atoms with Gasteiger partial charge < -0.3 is 9.84 Å². The lowest BCUT2D eigenvalue weighted by atomic mass is 10.1. The summed E-state index contributed by atoms with van der Waals surface area (Å²) in [6, 6.07) is 8.95. The van der Waals surface area contributed by atoms with E-state index in [1.54, 1.807) is 18.2 Å². The van der Waals surface area contributed by atoms with Gasteiger partial charge in [0.05, 0.1) is 12.6 Å². The van der Waals surface area contributed by atoms with Gasteiger partial charge in [0, 0.05) is 23.2 Å². The third kappa shape index (κ3) is 2.46. The molecule has 0 saturated carbocycles. The third-order valence-electron chi connectivity index (χ3n) is 3.22. The SMILES string of the molecule is COc1ccc(C(=O)O)nc1-c1cnc2cc(F)ccc2c1. The minimum Gasteiger partial charge on any atom is -0.494 e. The highest BCUT2D eigenvalue weighted by atomic mass is 19.1. The average Bonchev–Trinajstić information content (AvgIpc) is 2.53. The molecule has 0 unspecified atom stereocenters. The molecule has 6 heteroatoms. The van der Waals surface area contributed by atoms with Crippen LogP contribution in [0.4, 0.5) is 4.39 Å². The van der Waals surface area contributed by atoms with Crippen LogP contribution in [0.5, 0.6) is 5.75 Å². The van der Waals surface area contributed by atoms with Crippen LogP contribution in [0.25, 0.3) is 22.2 Å². The van der Waals surface area contributed by atoms with Crippen LogP contribution in [0, 0.1) is 5.82 Å². The molecule has 0 aliphatic heterocycles. The van der Waals surface area contributed by atoms with Crippen LogP contribution in [0.1, 0.15) is 10.5 Å². The largest absolute Gasteiger partial charge is 0.494 e. The third-order valence-corrected chi connectivity index (χ3v) is 3.22. The lowest BCUT2D eigenvalue weighted by molar-refractivity contribution is 0.0690. The van der Waals surface area contributed by atoms with Crippen LogP contribution >= 0.6 is 0 Å². The summed E-state index contributed by atoms with van der Waals surface area (Å²) < 4.78 is 18.4. The number of halogens is 1. The van der Waals surface area contributed by atoms with Gasteiger partial charge in [-0.05, 0) is 30.3 Å². The number of ether oxygens (including phenoxy) is 1. The fraction of sp³-hybridized carbons (Fsp3) is 0.0625. The number of fused-ring (bicyclic) bond motifs is 1. The molecule has 1 aromatic carbocycles. The van der Waals surface area contributed by atoms with E-state index < -0.39 is 5.97 Å². The fourth-order valence-corrected chi connectivity index (χ4v) is 2.16. The van der Waals surface area contributed by atoms with E-state index in [2.05, 4.69) is 9.97 Å². The van der Waals surface area contributed by atoms with Crippen LogP contribution in [-0.4, -0.2) is 28.2 Å². The van der Waals surface area contributed by atoms with E-state index in [-0.39, 0.29) is 11.5 Å². The number of aromatic nitrogens is 2. The first-order valence-electron chi connectivity index (χ1n) is 6.42. The Kier molecular flexibility index (Phi) is 3.42. The highest BCUT2D eigenvalue weighted by Crippen LogP contribution is 2.29. The maximum Gasteiger partial charge on any atom is 0.354 e. The fourth-order valence-electron chi connectivity index (χ4n) is 2.16. The summed E-state index contributed by atoms with van der Waals surface area (Å²) in [6.45, 7) is 0. The summed E-state index contributed by atoms with van der Waals surface area (Å²) in [7, 11) is 1.48. The molecule has 0 amide bonds. The van der Waals surface area contributed by atoms with E-state index in [1.807, 2.05) is 0 Å². The quantitative estimate of drug-likeness (QED) is 0.804. The van der Waals surface area contributed by atoms with Crippen molar-refractivity contribution in [3.8, 4) is 17.0 Å². The molecule has 0 aliphatic rings. The number of rotatable bonds is 3. The van der Waals surface area contributed by atoms with Gasteiger partial charge in [0.1, 0.15) is 23.0 Å². The van der Waals surface area contributed by atoms with Crippen molar-refractivity contribution < 1.29 is 19.0 Å². The summed E-state index contributed by atoms with van der Waals surface area (Å²) in [5.41, 5.74) is 1.40. The standard InChI is InChI=1S/C16H11FN2O3/c1-22-14-5-4-12(16(20)21)19-15(14)10-6-9-2-3-11(17)7-13(9)18-8-10/h2-8H,1H3,(H,20,21). The van der Waals surface area contributed by atoms with Crippen molar-refractivity contribution in [2.75, 3.05) is 7.11 Å². The van der Waals surface area contributed by atoms with Gasteiger partial charge in [0.2, 0.25) is 0 Å². The van der Waals surface area contributed by atoms with E-state index in [1.165, 1.54) is 31.5 Å². The predicted molar refractivity (Wildman–Crippen MR) is 78.4 cm³/mol. The van der Waals surface area contributed by atoms with Crippen molar-refractivity contribution >= 4 is 16.9 Å². The van der Waals surface area contributed by atoms with Crippen molar-refractivity contribution in [1.82, 2.24) is 9.97 Å². The highest BCUT2D eigenvalue weighted by Gasteiger charge is 2.13. The second-order valence-electron chi connectivity index (χ2n) is 4.61. The van der Waals surface area contributed by atoms with Crippen LogP contribution < -0.4 is 4.74 Å². The Balaban J connectivity index is 2.19. The highest BCUT2D eigenvalue weighted by molar-refractivity contribution is 5.88. The number of hydrogen-bond acceptors (Lipinski definition) is 4. The smallest absolute Gasteiger partial charge is 0.354 e. The molecule has 0 spiro atoms. The van der Waals surface area contributed by atoms with Crippen molar-refractivity contribution in [1.29, 1.82) is 0 Å². The summed E-state index contributed by atoms with van der Waals surface area (Å²) in [5, 5.41) is 9.79. The van der Waals surface area contributed by atoms with Gasteiger partial charge in [-0.3, -0.25) is 4.98 Å². The van der Waals surface area contributed by atoms with E-state index in [0.29, 0.717) is 22.5 Å². The zero-order valence-corrected chi connectivity index (χ0v) is 11.6. The first-order chi connectivity index (χ1) is 10.6. The minimum absolute atomic E-state index is 0.0880. The Morgan fingerprint density at radius 3 is 2.77 bits per heavy atom. The number of carbonyl (C=O) groups is 1. The van der Waals surface area contributed by atoms with E-state index in [0.717, 1.165) is 5.39 Å². The summed E-state index contributed by atoms with van der Waals surface area (Å²) >= 11 is 0. The summed E-state index contributed by atoms with van der Waals surface area (Å²) in [6.07, 6.45) is 1.51. The molecule has 5 nitrogen and oxygen atoms in total. The molecule has 0 fully saturated rings. The minimum atomic E-state index is -1.13. The van der Waals surface area contributed by atoms with Gasteiger partial charge >= 0.3 is 5.97 Å². The zero-order valence-electron chi connectivity index (χ0n) is 11.6. The molecule has 0 atom stereocenters. The van der Waals surface area contributed by atoms with Gasteiger partial charge in [-0.15, -0.1) is 0 Å². The average molecular weight is 298 g/mol. The van der Waals surface area contributed by atoms with Crippen LogP contribution in [-0.2, 0) is 0 Å². The molecule has 3 rings (SSSR count). The van der Waals surface area contributed by atoms with Gasteiger partial charge in [-0.25, -0.2) is 14.2 Å². The Morgan fingerprint density at radius 2 is 2.05 bits per heavy atom. The maximum atomic E-state index is 13.2. The molecular formula is C16H11FN2O3. The maximum absolute atomic E-state index is 13.2. The summed E-state index contributed by atoms with van der Waals surface area (Å²) in [5.74, 6) is -1.05. The molecule has 0 bridgehead atoms. The van der Waals surface area contributed by atoms with Gasteiger partial charge in [0.25, 0.3) is 0 Å². The van der Waals surface area contributed by atoms with E-state index >= 15 is 0 Å². The Bertz CT molecular complexity index is 880. The second-order valence-corrected chi connectivity index (χ2v) is 4.61. The van der Waals surface area contributed by atoms with Crippen molar-refractivity contribution in [2.45, 2.75) is 0 Å². The van der Waals surface area contributed by atoms with Crippen molar-refractivity contribution in [3.63, 3.8) is 0 Å². The number of methoxy groups -OCH3 is 1. The Hall–Kier alpha value is -3.02. The molecule has 0 saturated heterocycles. The van der Waals surface area contributed by atoms with E-state index in [4.69, 9.17) is 9.84 Å². The number of carboxylic acid groups (broad SMARTS) is 1. The predicted octanol–water partition coefficient (Wildman–Crippen LogP) is 3.14. The number of pyridine rings is 2. The molecule has 3 aromatic rings. The summed E-state index contributed by atoms with van der Waals surface area (Å²) in [4.78, 5) is 19.4. The van der Waals surface area contributed by atoms with Crippen LogP contribution in [0.3, 0.4) is 0 Å². The Labute approximate surface area is 125 Å². The van der Waals surface area contributed by atoms with Crippen LogP contribution in [0.15, 0.2) is 42.6 Å². The second kappa shape index (κ2) is 5.40. The first-order valence-corrected chi connectivity index (χ1v) is 6.42. The normalized spacial score (nSPS) is 10.6. The molecular weight excluding hydrogens is 287 g/mol. The lowest BCUT2D eigenvalue weighted by Crippen LogP contribution is -2.02. The van der Waals surface area contributed by atoms with Gasteiger partial charge in [-0.2, -0.15) is 0 Å². The van der Waals surface area contributed by atoms with E-state index in [9.17, 15) is 9.18 Å². The van der Waals surface area contributed by atoms with Crippen LogP contribution in [0.2, 0.25) is 0 Å². The van der Waals surface area contributed by atoms with Gasteiger partial charge in [0.15, 0.2) is 0 Å². The molecule has 110 valence electrons. The molecule has 22 heavy (non-hydrogen) atoms. The molecule has 0 radical (unpaired) electrons. The topological polar surface area (TPSA) is 72.3 Å². The number of nitrogens with zero attached hydrogens (tertiary/aromatic N) is 2. The molecule has 0 aliphatic carbocycles. The lowest BCUT2D eigenvalue weighted by Gasteiger charge is -2.09. The van der Waals surface area contributed by atoms with Gasteiger partial charge in [-0.1, -0.05) is 0 Å². The monoisotopic (exact) mass is 298 g/mol. The van der Waals surface area contributed by atoms with Crippen molar-refractivity contribution in [2.24, 2.45) is 0 Å². The van der Waals surface area contributed by atoms with Crippen molar-refractivity contribution in [3.05, 3.63) is 54.1 Å². The number of carboxylic acids is 1.